The summed E-state index contributed by atoms with van der Waals surface area (Å²) in [5.41, 5.74) is 0. The highest BCUT2D eigenvalue weighted by Gasteiger charge is 2.01. The Morgan fingerprint density at radius 3 is 2.78 bits per heavy atom. The zero-order valence-electron chi connectivity index (χ0n) is 9.78. The zero-order valence-corrected chi connectivity index (χ0v) is 12.2. The van der Waals surface area contributed by atoms with Gasteiger partial charge in [0.1, 0.15) is 0 Å². The molecular weight excluding hydrogens is 284 g/mol. The fourth-order valence-electron chi connectivity index (χ4n) is 1.53. The molecule has 0 bridgehead atoms. The Balaban J connectivity index is 1.69. The van der Waals surface area contributed by atoms with Crippen LogP contribution >= 0.6 is 35.3 Å². The van der Waals surface area contributed by atoms with Gasteiger partial charge in [0.2, 0.25) is 5.88 Å². The average Bonchev–Trinajstić information content (AvgIpc) is 2.71. The number of hydrogen-bond acceptors (Lipinski definition) is 5. The van der Waals surface area contributed by atoms with E-state index in [1.165, 1.54) is 16.2 Å². The van der Waals surface area contributed by atoms with Crippen LogP contribution in [0.25, 0.3) is 0 Å². The third-order valence-electron chi connectivity index (χ3n) is 2.46. The van der Waals surface area contributed by atoms with Gasteiger partial charge in [0, 0.05) is 23.8 Å². The summed E-state index contributed by atoms with van der Waals surface area (Å²) in [6, 6.07) is 4.04. The molecule has 2 rings (SSSR count). The Morgan fingerprint density at radius 1 is 1.33 bits per heavy atom. The average molecular weight is 298 g/mol. The summed E-state index contributed by atoms with van der Waals surface area (Å²) in [6.07, 6.45) is 5.75. The van der Waals surface area contributed by atoms with Crippen molar-refractivity contribution in [1.82, 2.24) is 9.55 Å². The molecule has 2 aromatic heterocycles. The molecule has 0 amide bonds. The molecule has 0 aliphatic carbocycles. The first-order valence-corrected chi connectivity index (χ1v) is 7.95. The van der Waals surface area contributed by atoms with Crippen LogP contribution in [-0.4, -0.2) is 20.4 Å². The Hall–Kier alpha value is -0.850. The van der Waals surface area contributed by atoms with Crippen LogP contribution in [0.3, 0.4) is 0 Å². The Labute approximate surface area is 120 Å². The second-order valence-corrected chi connectivity index (χ2v) is 6.42. The van der Waals surface area contributed by atoms with E-state index < -0.39 is 0 Å². The molecule has 0 saturated heterocycles. The molecule has 2 heterocycles. The van der Waals surface area contributed by atoms with Crippen molar-refractivity contribution in [3.8, 4) is 5.88 Å². The third kappa shape index (κ3) is 3.83. The molecule has 0 radical (unpaired) electrons. The molecule has 96 valence electrons. The standard InChI is InChI=1S/C12H14N2OS3/c15-11-9-18-12(16)14(11)7-1-2-8-17-10-3-5-13-6-4-10/h3-6,9,15H,1-2,7-8H2. The van der Waals surface area contributed by atoms with E-state index in [1.54, 1.807) is 9.95 Å². The molecule has 0 aromatic carbocycles. The van der Waals surface area contributed by atoms with Gasteiger partial charge in [0.25, 0.3) is 0 Å². The van der Waals surface area contributed by atoms with Crippen molar-refractivity contribution < 1.29 is 5.11 Å². The lowest BCUT2D eigenvalue weighted by molar-refractivity contribution is 0.411. The predicted octanol–water partition coefficient (Wildman–Crippen LogP) is 3.95. The van der Waals surface area contributed by atoms with E-state index >= 15 is 0 Å². The lowest BCUT2D eigenvalue weighted by Gasteiger charge is -2.04. The largest absolute Gasteiger partial charge is 0.494 e. The number of thiazole rings is 1. The monoisotopic (exact) mass is 298 g/mol. The summed E-state index contributed by atoms with van der Waals surface area (Å²) in [5, 5.41) is 11.2. The topological polar surface area (TPSA) is 38.0 Å². The summed E-state index contributed by atoms with van der Waals surface area (Å²) in [6.45, 7) is 0.797. The van der Waals surface area contributed by atoms with Crippen LogP contribution in [0.4, 0.5) is 0 Å². The molecule has 0 saturated carbocycles. The van der Waals surface area contributed by atoms with E-state index in [9.17, 15) is 5.11 Å². The third-order valence-corrected chi connectivity index (χ3v) is 4.81. The smallest absolute Gasteiger partial charge is 0.202 e. The minimum atomic E-state index is 0.284. The first-order chi connectivity index (χ1) is 8.77. The maximum absolute atomic E-state index is 9.56. The maximum Gasteiger partial charge on any atom is 0.202 e. The lowest BCUT2D eigenvalue weighted by atomic mass is 10.3. The van der Waals surface area contributed by atoms with E-state index in [1.807, 2.05) is 36.3 Å². The molecule has 0 atom stereocenters. The normalized spacial score (nSPS) is 10.7. The molecule has 18 heavy (non-hydrogen) atoms. The highest BCUT2D eigenvalue weighted by molar-refractivity contribution is 7.99. The molecule has 0 aliphatic heterocycles. The van der Waals surface area contributed by atoms with Crippen LogP contribution < -0.4 is 0 Å². The highest BCUT2D eigenvalue weighted by atomic mass is 32.2. The van der Waals surface area contributed by atoms with Crippen LogP contribution in [0, 0.1) is 3.95 Å². The summed E-state index contributed by atoms with van der Waals surface area (Å²) in [7, 11) is 0. The van der Waals surface area contributed by atoms with Crippen LogP contribution in [0.15, 0.2) is 34.8 Å². The Kier molecular flexibility index (Phi) is 5.22. The highest BCUT2D eigenvalue weighted by Crippen LogP contribution is 2.20. The van der Waals surface area contributed by atoms with Gasteiger partial charge in [-0.25, -0.2) is 0 Å². The van der Waals surface area contributed by atoms with Crippen molar-refractivity contribution in [2.75, 3.05) is 5.75 Å². The molecular formula is C12H14N2OS3. The Morgan fingerprint density at radius 2 is 2.11 bits per heavy atom. The van der Waals surface area contributed by atoms with Gasteiger partial charge < -0.3 is 5.11 Å². The van der Waals surface area contributed by atoms with E-state index in [4.69, 9.17) is 12.2 Å². The van der Waals surface area contributed by atoms with Crippen molar-refractivity contribution in [3.05, 3.63) is 33.9 Å². The number of hydrogen-bond donors (Lipinski definition) is 1. The summed E-state index contributed by atoms with van der Waals surface area (Å²) in [5.74, 6) is 1.36. The number of aromatic hydroxyl groups is 1. The molecule has 1 N–H and O–H groups in total. The second-order valence-electron chi connectivity index (χ2n) is 3.75. The fourth-order valence-corrected chi connectivity index (χ4v) is 3.40. The number of unbranched alkanes of at least 4 members (excludes halogenated alkanes) is 1. The van der Waals surface area contributed by atoms with Crippen molar-refractivity contribution in [3.63, 3.8) is 0 Å². The minimum absolute atomic E-state index is 0.284. The number of pyridine rings is 1. The van der Waals surface area contributed by atoms with Gasteiger partial charge in [-0.15, -0.1) is 23.1 Å². The van der Waals surface area contributed by atoms with Gasteiger partial charge in [-0.1, -0.05) is 0 Å². The summed E-state index contributed by atoms with van der Waals surface area (Å²) in [4.78, 5) is 5.24. The number of thioether (sulfide) groups is 1. The first-order valence-electron chi connectivity index (χ1n) is 5.67. The number of nitrogens with zero attached hydrogens (tertiary/aromatic N) is 2. The van der Waals surface area contributed by atoms with Crippen molar-refractivity contribution in [1.29, 1.82) is 0 Å². The van der Waals surface area contributed by atoms with Crippen LogP contribution in [-0.2, 0) is 6.54 Å². The molecule has 0 spiro atoms. The first kappa shape index (κ1) is 13.6. The lowest BCUT2D eigenvalue weighted by Crippen LogP contribution is -1.97. The maximum atomic E-state index is 9.56. The van der Waals surface area contributed by atoms with Crippen LogP contribution in [0.5, 0.6) is 5.88 Å². The van der Waals surface area contributed by atoms with Gasteiger partial charge in [-0.2, -0.15) is 0 Å². The Bertz CT molecular complexity index is 536. The van der Waals surface area contributed by atoms with E-state index in [2.05, 4.69) is 4.98 Å². The quantitative estimate of drug-likeness (QED) is 0.498. The minimum Gasteiger partial charge on any atom is -0.494 e. The summed E-state index contributed by atoms with van der Waals surface area (Å²) < 4.78 is 2.53. The predicted molar refractivity (Wildman–Crippen MR) is 79.0 cm³/mol. The van der Waals surface area contributed by atoms with E-state index in [0.29, 0.717) is 0 Å². The zero-order chi connectivity index (χ0) is 12.8. The van der Waals surface area contributed by atoms with Gasteiger partial charge in [0.05, 0.1) is 5.38 Å². The number of aromatic nitrogens is 2. The molecule has 0 fully saturated rings. The van der Waals surface area contributed by atoms with Crippen molar-refractivity contribution in [2.24, 2.45) is 0 Å². The van der Waals surface area contributed by atoms with Crippen LogP contribution in [0.2, 0.25) is 0 Å². The van der Waals surface area contributed by atoms with Gasteiger partial charge in [-0.05, 0) is 42.9 Å². The van der Waals surface area contributed by atoms with Crippen molar-refractivity contribution in [2.45, 2.75) is 24.3 Å². The molecule has 0 aliphatic rings. The fraction of sp³-hybridized carbons (Fsp3) is 0.333. The van der Waals surface area contributed by atoms with E-state index in [-0.39, 0.29) is 5.88 Å². The SMILES string of the molecule is Oc1csc(=S)n1CCCCSc1ccncc1. The second kappa shape index (κ2) is 6.92. The summed E-state index contributed by atoms with van der Waals surface area (Å²) >= 11 is 8.37. The van der Waals surface area contributed by atoms with Gasteiger partial charge in [0.15, 0.2) is 3.95 Å². The van der Waals surface area contributed by atoms with E-state index in [0.717, 1.165) is 29.1 Å². The molecule has 2 aromatic rings. The molecule has 3 nitrogen and oxygen atoms in total. The molecule has 6 heteroatoms. The van der Waals surface area contributed by atoms with Crippen LogP contribution in [0.1, 0.15) is 12.8 Å². The van der Waals surface area contributed by atoms with Gasteiger partial charge in [-0.3, -0.25) is 9.55 Å². The number of rotatable bonds is 6. The van der Waals surface area contributed by atoms with Gasteiger partial charge >= 0.3 is 0 Å². The molecule has 0 unspecified atom stereocenters. The van der Waals surface area contributed by atoms with Crippen molar-refractivity contribution >= 4 is 35.3 Å².